The zero-order chi connectivity index (χ0) is 15.8. The van der Waals surface area contributed by atoms with Crippen molar-refractivity contribution >= 4 is 27.5 Å². The molecule has 1 aromatic heterocycles. The van der Waals surface area contributed by atoms with Gasteiger partial charge in [-0.05, 0) is 62.6 Å². The molecule has 0 aliphatic heterocycles. The van der Waals surface area contributed by atoms with Crippen molar-refractivity contribution in [1.82, 2.24) is 9.88 Å². The van der Waals surface area contributed by atoms with Crippen molar-refractivity contribution in [3.63, 3.8) is 0 Å². The number of nitrogens with zero attached hydrogens (tertiary/aromatic N) is 2. The van der Waals surface area contributed by atoms with Crippen LogP contribution < -0.4 is 0 Å². The summed E-state index contributed by atoms with van der Waals surface area (Å²) in [5, 5.41) is 0. The van der Waals surface area contributed by atoms with Gasteiger partial charge in [0, 0.05) is 17.6 Å². The highest BCUT2D eigenvalue weighted by Crippen LogP contribution is 2.37. The minimum absolute atomic E-state index is 0.239. The van der Waals surface area contributed by atoms with Gasteiger partial charge in [0.2, 0.25) is 0 Å². The molecule has 2 aliphatic rings. The molecule has 0 saturated heterocycles. The minimum atomic E-state index is 0.239. The maximum Gasteiger partial charge on any atom is 0.254 e. The molecule has 1 amide bonds. The molecule has 2 saturated carbocycles. The molecule has 2 fully saturated rings. The molecule has 0 atom stereocenters. The van der Waals surface area contributed by atoms with Gasteiger partial charge >= 0.3 is 0 Å². The first kappa shape index (κ1) is 15.1. The summed E-state index contributed by atoms with van der Waals surface area (Å²) in [6.07, 6.45) is 8.58. The van der Waals surface area contributed by atoms with Crippen LogP contribution in [0.4, 0.5) is 0 Å². The van der Waals surface area contributed by atoms with Gasteiger partial charge in [0.25, 0.3) is 5.91 Å². The van der Waals surface area contributed by atoms with Gasteiger partial charge in [-0.3, -0.25) is 4.79 Å². The second-order valence-electron chi connectivity index (χ2n) is 7.06. The summed E-state index contributed by atoms with van der Waals surface area (Å²) in [4.78, 5) is 19.7. The second kappa shape index (κ2) is 6.23. The summed E-state index contributed by atoms with van der Waals surface area (Å²) < 4.78 is 1.11. The van der Waals surface area contributed by atoms with E-state index in [0.29, 0.717) is 12.1 Å². The number of thiazole rings is 1. The van der Waals surface area contributed by atoms with E-state index < -0.39 is 0 Å². The Balaban J connectivity index is 1.56. The maximum atomic E-state index is 13.2. The lowest BCUT2D eigenvalue weighted by Gasteiger charge is -2.37. The first-order chi connectivity index (χ1) is 11.3. The van der Waals surface area contributed by atoms with Crippen LogP contribution in [0.1, 0.15) is 62.2 Å². The quantitative estimate of drug-likeness (QED) is 0.802. The normalized spacial score (nSPS) is 24.7. The molecule has 0 spiro atoms. The van der Waals surface area contributed by atoms with E-state index in [9.17, 15) is 4.79 Å². The van der Waals surface area contributed by atoms with E-state index in [4.69, 9.17) is 0 Å². The predicted octanol–water partition coefficient (Wildman–Crippen LogP) is 4.87. The molecule has 4 rings (SSSR count). The second-order valence-corrected chi connectivity index (χ2v) is 7.95. The van der Waals surface area contributed by atoms with Gasteiger partial charge in [-0.25, -0.2) is 4.98 Å². The largest absolute Gasteiger partial charge is 0.333 e. The molecule has 0 radical (unpaired) electrons. The third-order valence-corrected chi connectivity index (χ3v) is 6.33. The van der Waals surface area contributed by atoms with E-state index in [1.165, 1.54) is 44.9 Å². The van der Waals surface area contributed by atoms with Crippen molar-refractivity contribution < 1.29 is 4.79 Å². The summed E-state index contributed by atoms with van der Waals surface area (Å²) >= 11 is 1.61. The molecule has 1 heterocycles. The van der Waals surface area contributed by atoms with E-state index in [2.05, 4.69) is 16.8 Å². The van der Waals surface area contributed by atoms with Gasteiger partial charge in [0.05, 0.1) is 15.7 Å². The van der Waals surface area contributed by atoms with Crippen LogP contribution in [-0.2, 0) is 0 Å². The lowest BCUT2D eigenvalue weighted by Crippen LogP contribution is -2.43. The SMILES string of the molecule is CCC1CCC(N(C(=O)c2ccc3ncsc3c2)C2CC2)CC1. The first-order valence-electron chi connectivity index (χ1n) is 8.92. The monoisotopic (exact) mass is 328 g/mol. The highest BCUT2D eigenvalue weighted by atomic mass is 32.1. The average Bonchev–Trinajstić information content (AvgIpc) is 3.31. The minimum Gasteiger partial charge on any atom is -0.333 e. The third-order valence-electron chi connectivity index (χ3n) is 5.54. The Morgan fingerprint density at radius 3 is 2.52 bits per heavy atom. The number of benzene rings is 1. The van der Waals surface area contributed by atoms with Crippen LogP contribution in [0, 0.1) is 5.92 Å². The highest BCUT2D eigenvalue weighted by Gasteiger charge is 2.39. The number of hydrogen-bond acceptors (Lipinski definition) is 3. The molecule has 3 nitrogen and oxygen atoms in total. The van der Waals surface area contributed by atoms with Gasteiger partial charge in [-0.2, -0.15) is 0 Å². The van der Waals surface area contributed by atoms with E-state index in [1.54, 1.807) is 11.3 Å². The average molecular weight is 328 g/mol. The van der Waals surface area contributed by atoms with Crippen molar-refractivity contribution in [2.24, 2.45) is 5.92 Å². The van der Waals surface area contributed by atoms with Crippen molar-refractivity contribution in [3.05, 3.63) is 29.3 Å². The van der Waals surface area contributed by atoms with Crippen molar-refractivity contribution in [2.75, 3.05) is 0 Å². The standard InChI is InChI=1S/C19H24N2OS/c1-2-13-3-6-15(7-4-13)21(16-8-9-16)19(22)14-5-10-17-18(11-14)23-12-20-17/h5,10-13,15-16H,2-4,6-9H2,1H3. The van der Waals surface area contributed by atoms with Crippen LogP contribution in [0.15, 0.2) is 23.7 Å². The molecule has 122 valence electrons. The van der Waals surface area contributed by atoms with Crippen LogP contribution in [0.3, 0.4) is 0 Å². The summed E-state index contributed by atoms with van der Waals surface area (Å²) in [6.45, 7) is 2.29. The van der Waals surface area contributed by atoms with Crippen LogP contribution in [-0.4, -0.2) is 27.9 Å². The number of carbonyl (C=O) groups excluding carboxylic acids is 1. The van der Waals surface area contributed by atoms with Crippen molar-refractivity contribution in [2.45, 2.75) is 64.0 Å². The molecule has 1 aromatic carbocycles. The first-order valence-corrected chi connectivity index (χ1v) is 9.80. The van der Waals surface area contributed by atoms with Gasteiger partial charge in [-0.15, -0.1) is 11.3 Å². The summed E-state index contributed by atoms with van der Waals surface area (Å²) in [7, 11) is 0. The van der Waals surface area contributed by atoms with Crippen LogP contribution in [0.25, 0.3) is 10.2 Å². The van der Waals surface area contributed by atoms with Crippen LogP contribution in [0.2, 0.25) is 0 Å². The number of carbonyl (C=O) groups is 1. The van der Waals surface area contributed by atoms with Gasteiger partial charge in [0.15, 0.2) is 0 Å². The Morgan fingerprint density at radius 2 is 1.87 bits per heavy atom. The van der Waals surface area contributed by atoms with Crippen LogP contribution >= 0.6 is 11.3 Å². The number of fused-ring (bicyclic) bond motifs is 1. The van der Waals surface area contributed by atoms with E-state index in [1.807, 2.05) is 23.7 Å². The zero-order valence-electron chi connectivity index (χ0n) is 13.7. The Hall–Kier alpha value is -1.42. The Bertz CT molecular complexity index is 698. The fourth-order valence-corrected chi connectivity index (χ4v) is 4.67. The molecule has 0 unspecified atom stereocenters. The summed E-state index contributed by atoms with van der Waals surface area (Å²) in [5.74, 6) is 1.11. The molecule has 2 aromatic rings. The molecule has 23 heavy (non-hydrogen) atoms. The zero-order valence-corrected chi connectivity index (χ0v) is 14.5. The molecule has 0 bridgehead atoms. The molecule has 0 N–H and O–H groups in total. The Kier molecular flexibility index (Phi) is 4.10. The molecular weight excluding hydrogens is 304 g/mol. The van der Waals surface area contributed by atoms with Gasteiger partial charge < -0.3 is 4.90 Å². The Morgan fingerprint density at radius 1 is 1.17 bits per heavy atom. The molecular formula is C19H24N2OS. The topological polar surface area (TPSA) is 33.2 Å². The lowest BCUT2D eigenvalue weighted by atomic mass is 9.83. The number of rotatable bonds is 4. The maximum absolute atomic E-state index is 13.2. The number of amides is 1. The third kappa shape index (κ3) is 3.01. The number of aromatic nitrogens is 1. The molecule has 4 heteroatoms. The van der Waals surface area contributed by atoms with Crippen molar-refractivity contribution in [3.8, 4) is 0 Å². The Labute approximate surface area is 141 Å². The fourth-order valence-electron chi connectivity index (χ4n) is 3.95. The van der Waals surface area contributed by atoms with Gasteiger partial charge in [0.1, 0.15) is 0 Å². The molecule has 2 aliphatic carbocycles. The predicted molar refractivity (Wildman–Crippen MR) is 94.8 cm³/mol. The summed E-state index contributed by atoms with van der Waals surface area (Å²) in [6, 6.07) is 6.91. The van der Waals surface area contributed by atoms with Crippen molar-refractivity contribution in [1.29, 1.82) is 0 Å². The van der Waals surface area contributed by atoms with E-state index >= 15 is 0 Å². The highest BCUT2D eigenvalue weighted by molar-refractivity contribution is 7.16. The fraction of sp³-hybridized carbons (Fsp3) is 0.579. The smallest absolute Gasteiger partial charge is 0.254 e. The lowest BCUT2D eigenvalue weighted by molar-refractivity contribution is 0.0587. The van der Waals surface area contributed by atoms with Gasteiger partial charge in [-0.1, -0.05) is 13.3 Å². The summed E-state index contributed by atoms with van der Waals surface area (Å²) in [5.41, 5.74) is 3.68. The van der Waals surface area contributed by atoms with Crippen LogP contribution in [0.5, 0.6) is 0 Å². The van der Waals surface area contributed by atoms with E-state index in [0.717, 1.165) is 21.7 Å². The van der Waals surface area contributed by atoms with E-state index in [-0.39, 0.29) is 5.91 Å². The number of hydrogen-bond donors (Lipinski definition) is 0.